The second kappa shape index (κ2) is 7.71. The number of rotatable bonds is 3. The fourth-order valence-electron chi connectivity index (χ4n) is 3.50. The number of benzene rings is 2. The van der Waals surface area contributed by atoms with Crippen LogP contribution in [0.15, 0.2) is 53.7 Å². The Labute approximate surface area is 172 Å². The first-order chi connectivity index (χ1) is 14.0. The largest absolute Gasteiger partial charge is 0.486 e. The molecule has 29 heavy (non-hydrogen) atoms. The number of esters is 1. The summed E-state index contributed by atoms with van der Waals surface area (Å²) < 4.78 is 29.6. The Morgan fingerprint density at radius 3 is 2.55 bits per heavy atom. The van der Waals surface area contributed by atoms with E-state index in [0.717, 1.165) is 5.69 Å². The number of halogens is 1. The van der Waals surface area contributed by atoms with Gasteiger partial charge in [-0.05, 0) is 49.0 Å². The lowest BCUT2D eigenvalue weighted by atomic mass is 9.94. The molecule has 1 atom stereocenters. The van der Waals surface area contributed by atoms with E-state index in [-0.39, 0.29) is 5.82 Å². The standard InChI is InChI=1S/C21H19FN2O4S/c1-12-18(20(25)26-2)19(13-3-5-14(22)6-4-13)23-21(29)24(12)15-7-8-16-17(11-15)28-10-9-27-16/h3-8,11,19H,9-10H2,1-2H3,(H,23,29). The topological polar surface area (TPSA) is 60.0 Å². The highest BCUT2D eigenvalue weighted by atomic mass is 32.1. The van der Waals surface area contributed by atoms with Gasteiger partial charge in [0.15, 0.2) is 16.6 Å². The van der Waals surface area contributed by atoms with Crippen molar-refractivity contribution in [1.29, 1.82) is 0 Å². The zero-order chi connectivity index (χ0) is 20.5. The van der Waals surface area contributed by atoms with Crippen molar-refractivity contribution in [1.82, 2.24) is 5.32 Å². The highest BCUT2D eigenvalue weighted by Crippen LogP contribution is 2.38. The first-order valence-corrected chi connectivity index (χ1v) is 9.45. The van der Waals surface area contributed by atoms with E-state index in [0.29, 0.717) is 46.7 Å². The van der Waals surface area contributed by atoms with Gasteiger partial charge in [-0.3, -0.25) is 4.90 Å². The Morgan fingerprint density at radius 2 is 1.86 bits per heavy atom. The van der Waals surface area contributed by atoms with Crippen LogP contribution in [0.25, 0.3) is 0 Å². The van der Waals surface area contributed by atoms with E-state index < -0.39 is 12.0 Å². The molecule has 0 saturated carbocycles. The summed E-state index contributed by atoms with van der Waals surface area (Å²) in [7, 11) is 1.33. The third-order valence-electron chi connectivity index (χ3n) is 4.88. The molecule has 8 heteroatoms. The maximum atomic E-state index is 13.4. The number of nitrogens with zero attached hydrogens (tertiary/aromatic N) is 1. The van der Waals surface area contributed by atoms with Crippen LogP contribution < -0.4 is 19.7 Å². The molecule has 0 saturated heterocycles. The number of nitrogens with one attached hydrogen (secondary N) is 1. The molecule has 2 aliphatic rings. The van der Waals surface area contributed by atoms with E-state index in [9.17, 15) is 9.18 Å². The van der Waals surface area contributed by atoms with Crippen LogP contribution in [0.4, 0.5) is 10.1 Å². The molecule has 2 aromatic rings. The summed E-state index contributed by atoms with van der Waals surface area (Å²) in [5.41, 5.74) is 2.44. The van der Waals surface area contributed by atoms with Gasteiger partial charge in [0.05, 0.1) is 24.4 Å². The van der Waals surface area contributed by atoms with Crippen LogP contribution in [-0.4, -0.2) is 31.4 Å². The minimum absolute atomic E-state index is 0.356. The molecule has 0 amide bonds. The number of fused-ring (bicyclic) bond motifs is 1. The van der Waals surface area contributed by atoms with Crippen molar-refractivity contribution in [3.8, 4) is 11.5 Å². The van der Waals surface area contributed by atoms with Gasteiger partial charge in [-0.2, -0.15) is 0 Å². The molecule has 1 N–H and O–H groups in total. The van der Waals surface area contributed by atoms with Crippen molar-refractivity contribution in [2.24, 2.45) is 0 Å². The fraction of sp³-hybridized carbons (Fsp3) is 0.238. The summed E-state index contributed by atoms with van der Waals surface area (Å²) in [4.78, 5) is 14.4. The Balaban J connectivity index is 1.80. The normalized spacial score (nSPS) is 18.4. The maximum absolute atomic E-state index is 13.4. The summed E-state index contributed by atoms with van der Waals surface area (Å²) in [6, 6.07) is 10.8. The molecule has 150 valence electrons. The van der Waals surface area contributed by atoms with E-state index in [4.69, 9.17) is 26.4 Å². The minimum atomic E-state index is -0.552. The van der Waals surface area contributed by atoms with E-state index >= 15 is 0 Å². The number of carbonyl (C=O) groups excluding carboxylic acids is 1. The molecule has 1 unspecified atom stereocenters. The molecule has 0 aromatic heterocycles. The summed E-state index contributed by atoms with van der Waals surface area (Å²) in [6.45, 7) is 2.77. The number of hydrogen-bond donors (Lipinski definition) is 1. The van der Waals surface area contributed by atoms with Gasteiger partial charge in [0.25, 0.3) is 0 Å². The lowest BCUT2D eigenvalue weighted by molar-refractivity contribution is -0.136. The second-order valence-corrected chi connectivity index (χ2v) is 6.97. The van der Waals surface area contributed by atoms with Gasteiger partial charge in [-0.15, -0.1) is 0 Å². The van der Waals surface area contributed by atoms with Crippen molar-refractivity contribution >= 4 is 29.0 Å². The first-order valence-electron chi connectivity index (χ1n) is 9.04. The van der Waals surface area contributed by atoms with Crippen molar-refractivity contribution < 1.29 is 23.4 Å². The van der Waals surface area contributed by atoms with E-state index in [1.165, 1.54) is 19.2 Å². The highest BCUT2D eigenvalue weighted by molar-refractivity contribution is 7.80. The van der Waals surface area contributed by atoms with Crippen LogP contribution in [0.1, 0.15) is 18.5 Å². The molecular weight excluding hydrogens is 395 g/mol. The van der Waals surface area contributed by atoms with Gasteiger partial charge in [0.2, 0.25) is 0 Å². The van der Waals surface area contributed by atoms with Crippen LogP contribution in [0.5, 0.6) is 11.5 Å². The SMILES string of the molecule is COC(=O)C1=C(C)N(c2ccc3c(c2)OCCO3)C(=S)NC1c1ccc(F)cc1. The number of carbonyl (C=O) groups is 1. The number of methoxy groups -OCH3 is 1. The van der Waals surface area contributed by atoms with Crippen LogP contribution in [0.2, 0.25) is 0 Å². The molecule has 2 aliphatic heterocycles. The van der Waals surface area contributed by atoms with E-state index in [2.05, 4.69) is 5.32 Å². The predicted octanol–water partition coefficient (Wildman–Crippen LogP) is 3.48. The molecular formula is C21H19FN2O4S. The zero-order valence-corrected chi connectivity index (χ0v) is 16.7. The third-order valence-corrected chi connectivity index (χ3v) is 5.18. The monoisotopic (exact) mass is 414 g/mol. The van der Waals surface area contributed by atoms with Gasteiger partial charge in [-0.25, -0.2) is 9.18 Å². The van der Waals surface area contributed by atoms with E-state index in [1.807, 2.05) is 18.2 Å². The molecule has 0 fully saturated rings. The Kier molecular flexibility index (Phi) is 5.10. The van der Waals surface area contributed by atoms with Crippen LogP contribution in [0.3, 0.4) is 0 Å². The maximum Gasteiger partial charge on any atom is 0.337 e. The Hall–Kier alpha value is -3.13. The van der Waals surface area contributed by atoms with Gasteiger partial charge >= 0.3 is 5.97 Å². The predicted molar refractivity (Wildman–Crippen MR) is 110 cm³/mol. The second-order valence-electron chi connectivity index (χ2n) is 6.59. The van der Waals surface area contributed by atoms with Crippen LogP contribution >= 0.6 is 12.2 Å². The van der Waals surface area contributed by atoms with Gasteiger partial charge in [0, 0.05) is 11.8 Å². The Bertz CT molecular complexity index is 1010. The highest BCUT2D eigenvalue weighted by Gasteiger charge is 2.35. The van der Waals surface area contributed by atoms with Crippen LogP contribution in [-0.2, 0) is 9.53 Å². The number of thiocarbonyl (C=S) groups is 1. The molecule has 0 bridgehead atoms. The average Bonchev–Trinajstić information content (AvgIpc) is 2.73. The quantitative estimate of drug-likeness (QED) is 0.610. The smallest absolute Gasteiger partial charge is 0.337 e. The summed E-state index contributed by atoms with van der Waals surface area (Å²) >= 11 is 5.60. The molecule has 0 radical (unpaired) electrons. The number of ether oxygens (including phenoxy) is 3. The van der Waals surface area contributed by atoms with Gasteiger partial charge in [-0.1, -0.05) is 12.1 Å². The van der Waals surface area contributed by atoms with Gasteiger partial charge < -0.3 is 19.5 Å². The molecule has 2 aromatic carbocycles. The summed E-state index contributed by atoms with van der Waals surface area (Å²) in [5.74, 6) is 0.430. The molecule has 0 aliphatic carbocycles. The molecule has 4 rings (SSSR count). The van der Waals surface area contributed by atoms with Crippen LogP contribution in [0, 0.1) is 5.82 Å². The first kappa shape index (κ1) is 19.2. The van der Waals surface area contributed by atoms with Crippen molar-refractivity contribution in [3.05, 3.63) is 65.1 Å². The third kappa shape index (κ3) is 3.51. The van der Waals surface area contributed by atoms with Gasteiger partial charge in [0.1, 0.15) is 19.0 Å². The molecule has 0 spiro atoms. The number of anilines is 1. The van der Waals surface area contributed by atoms with Crippen molar-refractivity contribution in [3.63, 3.8) is 0 Å². The average molecular weight is 414 g/mol. The number of allylic oxidation sites excluding steroid dienone is 1. The number of hydrogen-bond acceptors (Lipinski definition) is 5. The fourth-order valence-corrected chi connectivity index (χ4v) is 3.86. The Morgan fingerprint density at radius 1 is 1.17 bits per heavy atom. The summed E-state index contributed by atoms with van der Waals surface area (Å²) in [5, 5.41) is 3.58. The van der Waals surface area contributed by atoms with E-state index in [1.54, 1.807) is 24.0 Å². The molecule has 6 nitrogen and oxygen atoms in total. The zero-order valence-electron chi connectivity index (χ0n) is 15.9. The summed E-state index contributed by atoms with van der Waals surface area (Å²) in [6.07, 6.45) is 0. The minimum Gasteiger partial charge on any atom is -0.486 e. The molecule has 2 heterocycles. The lowest BCUT2D eigenvalue weighted by Gasteiger charge is -2.37. The lowest BCUT2D eigenvalue weighted by Crippen LogP contribution is -2.48. The van der Waals surface area contributed by atoms with Crippen molar-refractivity contribution in [2.75, 3.05) is 25.2 Å². The van der Waals surface area contributed by atoms with Crippen molar-refractivity contribution in [2.45, 2.75) is 13.0 Å².